The molecule has 2 atom stereocenters. The number of rotatable bonds is 9. The second-order valence-corrected chi connectivity index (χ2v) is 5.56. The smallest absolute Gasteiger partial charge is 0.326 e. The van der Waals surface area contributed by atoms with E-state index in [-0.39, 0.29) is 12.3 Å². The second kappa shape index (κ2) is 9.19. The molecule has 0 aromatic carbocycles. The minimum Gasteiger partial charge on any atom is -0.480 e. The van der Waals surface area contributed by atoms with Gasteiger partial charge in [0, 0.05) is 30.1 Å². The van der Waals surface area contributed by atoms with Gasteiger partial charge in [-0.3, -0.25) is 9.59 Å². The van der Waals surface area contributed by atoms with Crippen molar-refractivity contribution >= 4 is 33.7 Å². The molecule has 1 aromatic heterocycles. The Morgan fingerprint density at radius 2 is 2.14 bits per heavy atom. The highest BCUT2D eigenvalue weighted by molar-refractivity contribution is 9.09. The molecular formula is C13H19BrN4O4. The third-order valence-corrected chi connectivity index (χ3v) is 3.46. The fourth-order valence-corrected chi connectivity index (χ4v) is 2.00. The van der Waals surface area contributed by atoms with Gasteiger partial charge in [-0.2, -0.15) is 0 Å². The Morgan fingerprint density at radius 3 is 2.68 bits per heavy atom. The van der Waals surface area contributed by atoms with Crippen LogP contribution in [0.3, 0.4) is 0 Å². The van der Waals surface area contributed by atoms with Crippen molar-refractivity contribution in [1.82, 2.24) is 20.6 Å². The number of aromatic nitrogens is 2. The fraction of sp³-hybridized carbons (Fsp3) is 0.538. The van der Waals surface area contributed by atoms with Gasteiger partial charge in [-0.05, 0) is 13.3 Å². The summed E-state index contributed by atoms with van der Waals surface area (Å²) in [5.41, 5.74) is 0.599. The average molecular weight is 375 g/mol. The molecule has 0 aliphatic heterocycles. The normalized spacial score (nSPS) is 13.2. The first kappa shape index (κ1) is 18.1. The topological polar surface area (TPSA) is 124 Å². The maximum atomic E-state index is 12.0. The number of carbonyl (C=O) groups is 3. The van der Waals surface area contributed by atoms with E-state index in [2.05, 4.69) is 36.5 Å². The summed E-state index contributed by atoms with van der Waals surface area (Å²) in [5.74, 6) is -1.94. The molecule has 0 aliphatic rings. The van der Waals surface area contributed by atoms with Gasteiger partial charge in [0.15, 0.2) is 0 Å². The number of hydrogen-bond donors (Lipinski definition) is 4. The third kappa shape index (κ3) is 6.25. The molecule has 0 unspecified atom stereocenters. The van der Waals surface area contributed by atoms with Crippen LogP contribution in [0, 0.1) is 0 Å². The number of carboxylic acids is 1. The minimum atomic E-state index is -1.15. The molecule has 1 rings (SSSR count). The van der Waals surface area contributed by atoms with Crippen molar-refractivity contribution in [2.24, 2.45) is 0 Å². The van der Waals surface area contributed by atoms with Crippen LogP contribution in [0.4, 0.5) is 0 Å². The van der Waals surface area contributed by atoms with Crippen LogP contribution in [0.5, 0.6) is 0 Å². The Hall–Kier alpha value is -1.90. The van der Waals surface area contributed by atoms with E-state index in [1.165, 1.54) is 19.4 Å². The number of nitrogens with zero attached hydrogens (tertiary/aromatic N) is 1. The molecule has 0 spiro atoms. The molecule has 0 saturated carbocycles. The van der Waals surface area contributed by atoms with Crippen LogP contribution in [0.15, 0.2) is 12.5 Å². The number of aromatic amines is 1. The Labute approximate surface area is 136 Å². The van der Waals surface area contributed by atoms with E-state index in [1.54, 1.807) is 0 Å². The molecule has 0 saturated heterocycles. The van der Waals surface area contributed by atoms with E-state index in [9.17, 15) is 14.4 Å². The summed E-state index contributed by atoms with van der Waals surface area (Å²) in [6.45, 7) is 1.51. The number of hydrogen-bond acceptors (Lipinski definition) is 4. The van der Waals surface area contributed by atoms with Gasteiger partial charge in [-0.25, -0.2) is 9.78 Å². The summed E-state index contributed by atoms with van der Waals surface area (Å²) in [6, 6.07) is -1.89. The molecular weight excluding hydrogens is 356 g/mol. The van der Waals surface area contributed by atoms with Crippen molar-refractivity contribution in [2.75, 3.05) is 5.33 Å². The molecule has 122 valence electrons. The molecule has 4 N–H and O–H groups in total. The monoisotopic (exact) mass is 374 g/mol. The number of imidazole rings is 1. The van der Waals surface area contributed by atoms with Gasteiger partial charge in [-0.15, -0.1) is 0 Å². The molecule has 22 heavy (non-hydrogen) atoms. The SMILES string of the molecule is C[C@H](NC(=O)CCCBr)C(=O)N[C@@H](Cc1cnc[nH]1)C(=O)O. The molecule has 0 fully saturated rings. The number of alkyl halides is 1. The van der Waals surface area contributed by atoms with Gasteiger partial charge >= 0.3 is 5.97 Å². The van der Waals surface area contributed by atoms with E-state index in [1.807, 2.05) is 0 Å². The lowest BCUT2D eigenvalue weighted by molar-refractivity contribution is -0.142. The summed E-state index contributed by atoms with van der Waals surface area (Å²) >= 11 is 3.22. The van der Waals surface area contributed by atoms with Crippen molar-refractivity contribution < 1.29 is 19.5 Å². The third-order valence-electron chi connectivity index (χ3n) is 2.90. The van der Waals surface area contributed by atoms with Gasteiger partial charge in [0.05, 0.1) is 6.33 Å². The van der Waals surface area contributed by atoms with Crippen LogP contribution in [0.2, 0.25) is 0 Å². The van der Waals surface area contributed by atoms with Gasteiger partial charge in [0.2, 0.25) is 11.8 Å². The van der Waals surface area contributed by atoms with Crippen molar-refractivity contribution in [3.63, 3.8) is 0 Å². The van der Waals surface area contributed by atoms with Crippen LogP contribution in [0.1, 0.15) is 25.5 Å². The Balaban J connectivity index is 2.51. The zero-order valence-electron chi connectivity index (χ0n) is 12.1. The number of nitrogens with one attached hydrogen (secondary N) is 3. The van der Waals surface area contributed by atoms with Crippen molar-refractivity contribution in [1.29, 1.82) is 0 Å². The summed E-state index contributed by atoms with van der Waals surface area (Å²) in [5, 5.41) is 14.8. The van der Waals surface area contributed by atoms with Gasteiger partial charge in [0.1, 0.15) is 12.1 Å². The van der Waals surface area contributed by atoms with Crippen LogP contribution < -0.4 is 10.6 Å². The van der Waals surface area contributed by atoms with E-state index >= 15 is 0 Å². The number of carbonyl (C=O) groups excluding carboxylic acids is 2. The van der Waals surface area contributed by atoms with Crippen LogP contribution in [0.25, 0.3) is 0 Å². The zero-order valence-corrected chi connectivity index (χ0v) is 13.7. The van der Waals surface area contributed by atoms with Gasteiger partial charge in [0.25, 0.3) is 0 Å². The molecule has 0 bridgehead atoms. The molecule has 1 aromatic rings. The van der Waals surface area contributed by atoms with Crippen molar-refractivity contribution in [3.05, 3.63) is 18.2 Å². The summed E-state index contributed by atoms with van der Waals surface area (Å²) in [4.78, 5) is 41.3. The molecule has 0 radical (unpaired) electrons. The summed E-state index contributed by atoms with van der Waals surface area (Å²) < 4.78 is 0. The maximum Gasteiger partial charge on any atom is 0.326 e. The molecule has 2 amide bonds. The summed E-state index contributed by atoms with van der Waals surface area (Å²) in [7, 11) is 0. The highest BCUT2D eigenvalue weighted by Gasteiger charge is 2.24. The van der Waals surface area contributed by atoms with Crippen LogP contribution in [-0.4, -0.2) is 50.3 Å². The van der Waals surface area contributed by atoms with E-state index in [4.69, 9.17) is 5.11 Å². The highest BCUT2D eigenvalue weighted by atomic mass is 79.9. The lowest BCUT2D eigenvalue weighted by Crippen LogP contribution is -2.51. The lowest BCUT2D eigenvalue weighted by atomic mass is 10.1. The lowest BCUT2D eigenvalue weighted by Gasteiger charge is -2.18. The predicted molar refractivity (Wildman–Crippen MR) is 82.5 cm³/mol. The van der Waals surface area contributed by atoms with Gasteiger partial charge in [-0.1, -0.05) is 15.9 Å². The highest BCUT2D eigenvalue weighted by Crippen LogP contribution is 2.00. The number of halogens is 1. The first-order valence-electron chi connectivity index (χ1n) is 6.79. The number of carboxylic acid groups (broad SMARTS) is 1. The average Bonchev–Trinajstić information content (AvgIpc) is 2.97. The number of H-pyrrole nitrogens is 1. The molecule has 8 nitrogen and oxygen atoms in total. The Bertz CT molecular complexity index is 506. The Kier molecular flexibility index (Phi) is 7.58. The van der Waals surface area contributed by atoms with E-state index in [0.717, 1.165) is 0 Å². The van der Waals surface area contributed by atoms with Gasteiger partial charge < -0.3 is 20.7 Å². The number of aliphatic carboxylic acids is 1. The van der Waals surface area contributed by atoms with Crippen LogP contribution >= 0.6 is 15.9 Å². The van der Waals surface area contributed by atoms with Crippen LogP contribution in [-0.2, 0) is 20.8 Å². The summed E-state index contributed by atoms with van der Waals surface area (Å²) in [6.07, 6.45) is 3.98. The predicted octanol–water partition coefficient (Wildman–Crippen LogP) is 0.201. The first-order valence-corrected chi connectivity index (χ1v) is 7.92. The van der Waals surface area contributed by atoms with E-state index in [0.29, 0.717) is 23.9 Å². The Morgan fingerprint density at radius 1 is 1.41 bits per heavy atom. The van der Waals surface area contributed by atoms with Crippen molar-refractivity contribution in [3.8, 4) is 0 Å². The minimum absolute atomic E-state index is 0.0886. The standard InChI is InChI=1S/C13H19BrN4O4/c1-8(17-11(19)3-2-4-14)12(20)18-10(13(21)22)5-9-6-15-7-16-9/h6-8,10H,2-5H2,1H3,(H,15,16)(H,17,19)(H,18,20)(H,21,22)/t8-,10-/m0/s1. The molecule has 9 heteroatoms. The molecule has 1 heterocycles. The second-order valence-electron chi connectivity index (χ2n) is 4.76. The maximum absolute atomic E-state index is 12.0. The quantitative estimate of drug-likeness (QED) is 0.459. The van der Waals surface area contributed by atoms with E-state index < -0.39 is 24.0 Å². The largest absolute Gasteiger partial charge is 0.480 e. The van der Waals surface area contributed by atoms with Crippen molar-refractivity contribution in [2.45, 2.75) is 38.3 Å². The number of amides is 2. The molecule has 0 aliphatic carbocycles. The zero-order chi connectivity index (χ0) is 16.5. The fourth-order valence-electron chi connectivity index (χ4n) is 1.72. The first-order chi connectivity index (χ1) is 10.4.